The van der Waals surface area contributed by atoms with Crippen molar-refractivity contribution in [1.82, 2.24) is 0 Å². The minimum Gasteiger partial charge on any atom is -0.0911 e. The zero-order valence-corrected chi connectivity index (χ0v) is 28.6. The molecule has 0 radical (unpaired) electrons. The molecular formula is C39H50P2. The molecule has 0 N–H and O–H groups in total. The lowest BCUT2D eigenvalue weighted by molar-refractivity contribution is 0.702. The summed E-state index contributed by atoms with van der Waals surface area (Å²) in [7, 11) is -0.777. The molecule has 1 atom stereocenters. The van der Waals surface area contributed by atoms with E-state index < -0.39 is 7.92 Å². The molecule has 2 heteroatoms. The lowest BCUT2D eigenvalue weighted by Crippen LogP contribution is -2.26. The molecule has 0 aliphatic carbocycles. The minimum atomic E-state index is -0.539. The molecule has 0 amide bonds. The highest BCUT2D eigenvalue weighted by molar-refractivity contribution is 7.72. The molecule has 1 unspecified atom stereocenters. The molecule has 0 aliphatic rings. The van der Waals surface area contributed by atoms with Crippen LogP contribution in [0.15, 0.2) is 97.1 Å². The molecule has 0 aromatic heterocycles. The summed E-state index contributed by atoms with van der Waals surface area (Å²) in [5.74, 6) is 0.472. The molecule has 0 bridgehead atoms. The molecule has 216 valence electrons. The molecule has 0 aliphatic heterocycles. The van der Waals surface area contributed by atoms with Crippen LogP contribution < -0.4 is 10.6 Å². The number of benzene rings is 4. The van der Waals surface area contributed by atoms with Gasteiger partial charge in [0.1, 0.15) is 0 Å². The summed E-state index contributed by atoms with van der Waals surface area (Å²) in [6, 6.07) is 36.7. The van der Waals surface area contributed by atoms with Gasteiger partial charge in [-0.2, -0.15) is 0 Å². The Labute approximate surface area is 253 Å². The fraction of sp³-hybridized carbons (Fsp3) is 0.385. The van der Waals surface area contributed by atoms with Crippen molar-refractivity contribution in [2.45, 2.75) is 97.3 Å². The Hall–Kier alpha value is -2.26. The fourth-order valence-corrected chi connectivity index (χ4v) is 12.6. The summed E-state index contributed by atoms with van der Waals surface area (Å²) in [6.07, 6.45) is 3.33. The Kier molecular flexibility index (Phi) is 10.3. The van der Waals surface area contributed by atoms with E-state index in [0.717, 1.165) is 12.6 Å². The smallest absolute Gasteiger partial charge is 0.00106 e. The van der Waals surface area contributed by atoms with E-state index in [1.54, 1.807) is 11.1 Å². The molecule has 0 nitrogen and oxygen atoms in total. The number of rotatable bonds is 9. The zero-order valence-electron chi connectivity index (χ0n) is 26.8. The molecular weight excluding hydrogens is 530 g/mol. The van der Waals surface area contributed by atoms with Crippen molar-refractivity contribution >= 4 is 26.5 Å². The third kappa shape index (κ3) is 8.19. The normalized spacial score (nSPS) is 13.1. The fourth-order valence-electron chi connectivity index (χ4n) is 6.19. The Morgan fingerprint density at radius 3 is 1.61 bits per heavy atom. The Morgan fingerprint density at radius 2 is 1.10 bits per heavy atom. The highest BCUT2D eigenvalue weighted by atomic mass is 31.1. The Morgan fingerprint density at radius 1 is 0.585 bits per heavy atom. The van der Waals surface area contributed by atoms with Crippen molar-refractivity contribution in [3.05, 3.63) is 130 Å². The largest absolute Gasteiger partial charge is 0.0911 e. The summed E-state index contributed by atoms with van der Waals surface area (Å²) in [5.41, 5.74) is 8.81. The number of aryl methyl sites for hydroxylation is 2. The third-order valence-corrected chi connectivity index (χ3v) is 15.0. The van der Waals surface area contributed by atoms with Crippen molar-refractivity contribution in [1.29, 1.82) is 0 Å². The van der Waals surface area contributed by atoms with E-state index in [4.69, 9.17) is 0 Å². The summed E-state index contributed by atoms with van der Waals surface area (Å²) in [6.45, 7) is 21.7. The van der Waals surface area contributed by atoms with Crippen LogP contribution in [0.3, 0.4) is 0 Å². The van der Waals surface area contributed by atoms with Crippen LogP contribution in [0.2, 0.25) is 0 Å². The van der Waals surface area contributed by atoms with E-state index in [1.807, 2.05) is 0 Å². The molecule has 4 aromatic rings. The van der Waals surface area contributed by atoms with Gasteiger partial charge in [-0.1, -0.05) is 153 Å². The standard InChI is InChI=1S/C39H50P2/c1-29-17-13-15-21-36(29)40(37-22-16-14-18-30(37)2)27-35-26-33(31(3)25-32-19-11-10-12-20-32)23-24-34(35)28-41(38(4,5)6)39(7,8)9/h10-24,26,31H,25,27-28H2,1-9H3. The molecule has 0 saturated carbocycles. The van der Waals surface area contributed by atoms with Gasteiger partial charge < -0.3 is 0 Å². The summed E-state index contributed by atoms with van der Waals surface area (Å²) in [4.78, 5) is 0. The topological polar surface area (TPSA) is 0 Å². The van der Waals surface area contributed by atoms with Gasteiger partial charge in [0, 0.05) is 6.16 Å². The van der Waals surface area contributed by atoms with Crippen LogP contribution in [-0.2, 0) is 18.7 Å². The minimum absolute atomic E-state index is 0.239. The third-order valence-electron chi connectivity index (χ3n) is 8.27. The van der Waals surface area contributed by atoms with Gasteiger partial charge >= 0.3 is 0 Å². The van der Waals surface area contributed by atoms with Crippen LogP contribution >= 0.6 is 15.8 Å². The van der Waals surface area contributed by atoms with Gasteiger partial charge in [0.25, 0.3) is 0 Å². The molecule has 41 heavy (non-hydrogen) atoms. The first-order chi connectivity index (χ1) is 19.3. The quantitative estimate of drug-likeness (QED) is 0.173. The van der Waals surface area contributed by atoms with Crippen LogP contribution in [0.25, 0.3) is 0 Å². The van der Waals surface area contributed by atoms with Gasteiger partial charge in [-0.3, -0.25) is 0 Å². The summed E-state index contributed by atoms with van der Waals surface area (Å²) >= 11 is 0. The maximum absolute atomic E-state index is 2.59. The van der Waals surface area contributed by atoms with Crippen molar-refractivity contribution < 1.29 is 0 Å². The van der Waals surface area contributed by atoms with Crippen molar-refractivity contribution in [2.75, 3.05) is 0 Å². The SMILES string of the molecule is Cc1ccccc1P(Cc1cc(C(C)Cc2ccccc2)ccc1CP(C(C)(C)C)C(C)(C)C)c1ccccc1C. The molecule has 0 heterocycles. The van der Waals surface area contributed by atoms with Crippen LogP contribution in [0, 0.1) is 13.8 Å². The summed E-state index contributed by atoms with van der Waals surface area (Å²) in [5, 5.41) is 3.61. The van der Waals surface area contributed by atoms with Crippen LogP contribution in [0.5, 0.6) is 0 Å². The van der Waals surface area contributed by atoms with Crippen LogP contribution in [0.1, 0.15) is 87.8 Å². The number of hydrogen-bond donors (Lipinski definition) is 0. The second-order valence-electron chi connectivity index (χ2n) is 13.7. The van der Waals surface area contributed by atoms with Gasteiger partial charge in [0.2, 0.25) is 0 Å². The van der Waals surface area contributed by atoms with E-state index in [1.165, 1.54) is 39.0 Å². The molecule has 0 spiro atoms. The van der Waals surface area contributed by atoms with Crippen LogP contribution in [0.4, 0.5) is 0 Å². The predicted octanol–water partition coefficient (Wildman–Crippen LogP) is 10.9. The first-order valence-electron chi connectivity index (χ1n) is 15.2. The zero-order chi connectivity index (χ0) is 29.8. The lowest BCUT2D eigenvalue weighted by atomic mass is 9.91. The van der Waals surface area contributed by atoms with Gasteiger partial charge in [-0.25, -0.2) is 0 Å². The molecule has 0 saturated heterocycles. The first-order valence-corrected chi connectivity index (χ1v) is 18.2. The van der Waals surface area contributed by atoms with E-state index in [-0.39, 0.29) is 7.92 Å². The predicted molar refractivity (Wildman–Crippen MR) is 187 cm³/mol. The van der Waals surface area contributed by atoms with Crippen molar-refractivity contribution in [3.63, 3.8) is 0 Å². The Balaban J connectivity index is 1.82. The average molecular weight is 581 g/mol. The highest BCUT2D eigenvalue weighted by Gasteiger charge is 2.35. The van der Waals surface area contributed by atoms with E-state index in [0.29, 0.717) is 16.2 Å². The van der Waals surface area contributed by atoms with Gasteiger partial charge in [-0.15, -0.1) is 0 Å². The van der Waals surface area contributed by atoms with Crippen molar-refractivity contribution in [3.8, 4) is 0 Å². The lowest BCUT2D eigenvalue weighted by Gasteiger charge is -2.42. The van der Waals surface area contributed by atoms with Crippen LogP contribution in [-0.4, -0.2) is 10.3 Å². The maximum atomic E-state index is 2.59. The highest BCUT2D eigenvalue weighted by Crippen LogP contribution is 2.61. The monoisotopic (exact) mass is 580 g/mol. The van der Waals surface area contributed by atoms with Gasteiger partial charge in [0.05, 0.1) is 0 Å². The molecule has 4 aromatic carbocycles. The van der Waals surface area contributed by atoms with Gasteiger partial charge in [-0.05, 0) is 94.6 Å². The molecule has 0 fully saturated rings. The maximum Gasteiger partial charge on any atom is 0.00106 e. The second kappa shape index (κ2) is 13.4. The van der Waals surface area contributed by atoms with E-state index in [9.17, 15) is 0 Å². The van der Waals surface area contributed by atoms with E-state index >= 15 is 0 Å². The Bertz CT molecular complexity index is 1360. The molecule has 4 rings (SSSR count). The number of hydrogen-bond acceptors (Lipinski definition) is 0. The van der Waals surface area contributed by atoms with Crippen molar-refractivity contribution in [2.24, 2.45) is 0 Å². The van der Waals surface area contributed by atoms with E-state index in [2.05, 4.69) is 159 Å². The summed E-state index contributed by atoms with van der Waals surface area (Å²) < 4.78 is 0. The first kappa shape index (κ1) is 31.7. The van der Waals surface area contributed by atoms with Gasteiger partial charge in [0.15, 0.2) is 0 Å². The average Bonchev–Trinajstić information content (AvgIpc) is 2.91. The second-order valence-corrected chi connectivity index (χ2v) is 19.7.